The van der Waals surface area contributed by atoms with Gasteiger partial charge in [-0.15, -0.1) is 11.3 Å². The Morgan fingerprint density at radius 2 is 2.29 bits per heavy atom. The molecule has 0 fully saturated rings. The van der Waals surface area contributed by atoms with Crippen LogP contribution in [0.4, 0.5) is 5.69 Å². The quantitative estimate of drug-likeness (QED) is 0.884. The van der Waals surface area contributed by atoms with Crippen LogP contribution in [0.1, 0.15) is 40.2 Å². The zero-order valence-corrected chi connectivity index (χ0v) is 13.4. The lowest BCUT2D eigenvalue weighted by atomic mass is 10.1. The Morgan fingerprint density at radius 3 is 3.10 bits per heavy atom. The average molecular weight is 321 g/mol. The molecule has 0 spiro atoms. The molecule has 1 unspecified atom stereocenters. The van der Waals surface area contributed by atoms with Gasteiger partial charge >= 0.3 is 0 Å². The first kappa shape index (κ1) is 14.4. The second kappa shape index (κ2) is 6.08. The van der Waals surface area contributed by atoms with E-state index in [1.807, 2.05) is 31.2 Å². The predicted octanol–water partition coefficient (Wildman–Crippen LogP) is 4.25. The molecule has 2 N–H and O–H groups in total. The fourth-order valence-corrected chi connectivity index (χ4v) is 4.05. The summed E-state index contributed by atoms with van der Waals surface area (Å²) in [6.07, 6.45) is 2.14. The maximum atomic E-state index is 11.9. The number of hydrogen-bond acceptors (Lipinski definition) is 3. The van der Waals surface area contributed by atoms with Crippen LogP contribution >= 0.6 is 22.9 Å². The number of rotatable bonds is 4. The number of carbonyl (C=O) groups is 1. The lowest BCUT2D eigenvalue weighted by Gasteiger charge is -2.15. The third-order valence-corrected chi connectivity index (χ3v) is 4.99. The summed E-state index contributed by atoms with van der Waals surface area (Å²) in [4.78, 5) is 13.3. The summed E-state index contributed by atoms with van der Waals surface area (Å²) in [6.45, 7) is 2.55. The number of amides is 1. The van der Waals surface area contributed by atoms with E-state index < -0.39 is 0 Å². The van der Waals surface area contributed by atoms with Gasteiger partial charge in [0.1, 0.15) is 0 Å². The molecule has 0 radical (unpaired) electrons. The Hall–Kier alpha value is -1.52. The van der Waals surface area contributed by atoms with E-state index in [1.54, 1.807) is 11.3 Å². The molecule has 3 rings (SSSR count). The molecule has 1 aromatic carbocycles. The SMILES string of the molecule is CCNC(=O)c1cccc(NC2CCc3sc(Cl)cc32)c1. The number of benzene rings is 1. The lowest BCUT2D eigenvalue weighted by molar-refractivity contribution is 0.0956. The highest BCUT2D eigenvalue weighted by Crippen LogP contribution is 2.40. The van der Waals surface area contributed by atoms with E-state index in [0.29, 0.717) is 12.1 Å². The number of thiophene rings is 1. The summed E-state index contributed by atoms with van der Waals surface area (Å²) in [5.74, 6) is -0.0353. The largest absolute Gasteiger partial charge is 0.378 e. The van der Waals surface area contributed by atoms with Gasteiger partial charge in [0.25, 0.3) is 5.91 Å². The molecular formula is C16H17ClN2OS. The van der Waals surface area contributed by atoms with Gasteiger partial charge in [0, 0.05) is 22.7 Å². The van der Waals surface area contributed by atoms with E-state index in [9.17, 15) is 4.79 Å². The molecule has 1 atom stereocenters. The van der Waals surface area contributed by atoms with Crippen LogP contribution in [0.5, 0.6) is 0 Å². The van der Waals surface area contributed by atoms with E-state index in [4.69, 9.17) is 11.6 Å². The van der Waals surface area contributed by atoms with Crippen molar-refractivity contribution in [1.82, 2.24) is 5.32 Å². The molecule has 1 amide bonds. The van der Waals surface area contributed by atoms with Gasteiger partial charge < -0.3 is 10.6 Å². The van der Waals surface area contributed by atoms with Crippen molar-refractivity contribution < 1.29 is 4.79 Å². The standard InChI is InChI=1S/C16H17ClN2OS/c1-2-18-16(20)10-4-3-5-11(8-10)19-13-6-7-14-12(13)9-15(17)21-14/h3-5,8-9,13,19H,2,6-7H2,1H3,(H,18,20). The number of carbonyl (C=O) groups excluding carboxylic acids is 1. The molecule has 110 valence electrons. The summed E-state index contributed by atoms with van der Waals surface area (Å²) in [5, 5.41) is 6.33. The van der Waals surface area contributed by atoms with Crippen LogP contribution in [-0.4, -0.2) is 12.5 Å². The first-order chi connectivity index (χ1) is 10.2. The molecule has 3 nitrogen and oxygen atoms in total. The number of nitrogens with one attached hydrogen (secondary N) is 2. The maximum Gasteiger partial charge on any atom is 0.251 e. The highest BCUT2D eigenvalue weighted by molar-refractivity contribution is 7.16. The van der Waals surface area contributed by atoms with Crippen molar-refractivity contribution in [3.8, 4) is 0 Å². The predicted molar refractivity (Wildman–Crippen MR) is 88.5 cm³/mol. The molecule has 0 bridgehead atoms. The van der Waals surface area contributed by atoms with E-state index in [0.717, 1.165) is 22.9 Å². The average Bonchev–Trinajstić information content (AvgIpc) is 3.00. The zero-order chi connectivity index (χ0) is 14.8. The molecule has 0 saturated heterocycles. The molecule has 0 saturated carbocycles. The lowest BCUT2D eigenvalue weighted by Crippen LogP contribution is -2.22. The van der Waals surface area contributed by atoms with Gasteiger partial charge in [0.2, 0.25) is 0 Å². The van der Waals surface area contributed by atoms with Gasteiger partial charge in [-0.3, -0.25) is 4.79 Å². The van der Waals surface area contributed by atoms with E-state index in [-0.39, 0.29) is 11.9 Å². The highest BCUT2D eigenvalue weighted by atomic mass is 35.5. The summed E-state index contributed by atoms with van der Waals surface area (Å²) in [7, 11) is 0. The number of hydrogen-bond donors (Lipinski definition) is 2. The van der Waals surface area contributed by atoms with Crippen LogP contribution in [-0.2, 0) is 6.42 Å². The van der Waals surface area contributed by atoms with Gasteiger partial charge in [-0.05, 0) is 49.6 Å². The summed E-state index contributed by atoms with van der Waals surface area (Å²) < 4.78 is 0.850. The molecule has 1 aromatic heterocycles. The molecular weight excluding hydrogens is 304 g/mol. The van der Waals surface area contributed by atoms with Gasteiger partial charge in [-0.25, -0.2) is 0 Å². The minimum absolute atomic E-state index is 0.0353. The molecule has 1 heterocycles. The van der Waals surface area contributed by atoms with E-state index in [1.165, 1.54) is 10.4 Å². The fourth-order valence-electron chi connectivity index (χ4n) is 2.69. The smallest absolute Gasteiger partial charge is 0.251 e. The first-order valence-corrected chi connectivity index (χ1v) is 8.29. The molecule has 21 heavy (non-hydrogen) atoms. The molecule has 0 aliphatic heterocycles. The number of halogens is 1. The van der Waals surface area contributed by atoms with Gasteiger partial charge in [0.15, 0.2) is 0 Å². The van der Waals surface area contributed by atoms with Crippen molar-refractivity contribution in [1.29, 1.82) is 0 Å². The van der Waals surface area contributed by atoms with Crippen molar-refractivity contribution in [2.24, 2.45) is 0 Å². The number of aryl methyl sites for hydroxylation is 1. The second-order valence-corrected chi connectivity index (χ2v) is 6.87. The Bertz CT molecular complexity index is 668. The van der Waals surface area contributed by atoms with Gasteiger partial charge in [-0.2, -0.15) is 0 Å². The van der Waals surface area contributed by atoms with Crippen molar-refractivity contribution >= 4 is 34.5 Å². The van der Waals surface area contributed by atoms with Crippen LogP contribution in [0.25, 0.3) is 0 Å². The molecule has 5 heteroatoms. The molecule has 1 aliphatic carbocycles. The summed E-state index contributed by atoms with van der Waals surface area (Å²) in [5.41, 5.74) is 2.95. The first-order valence-electron chi connectivity index (χ1n) is 7.10. The van der Waals surface area contributed by atoms with Crippen LogP contribution in [0, 0.1) is 0 Å². The fraction of sp³-hybridized carbons (Fsp3) is 0.312. The molecule has 2 aromatic rings. The minimum Gasteiger partial charge on any atom is -0.378 e. The van der Waals surface area contributed by atoms with Gasteiger partial charge in [-0.1, -0.05) is 17.7 Å². The Kier molecular flexibility index (Phi) is 4.17. The number of fused-ring (bicyclic) bond motifs is 1. The third kappa shape index (κ3) is 3.06. The highest BCUT2D eigenvalue weighted by Gasteiger charge is 2.25. The summed E-state index contributed by atoms with van der Waals surface area (Å²) in [6, 6.07) is 9.97. The van der Waals surface area contributed by atoms with Crippen LogP contribution < -0.4 is 10.6 Å². The Labute approximate surface area is 133 Å². The molecule has 1 aliphatic rings. The topological polar surface area (TPSA) is 41.1 Å². The van der Waals surface area contributed by atoms with Crippen molar-refractivity contribution in [3.05, 3.63) is 50.7 Å². The van der Waals surface area contributed by atoms with Gasteiger partial charge in [0.05, 0.1) is 10.4 Å². The minimum atomic E-state index is -0.0353. The van der Waals surface area contributed by atoms with Crippen LogP contribution in [0.15, 0.2) is 30.3 Å². The second-order valence-electron chi connectivity index (χ2n) is 5.10. The summed E-state index contributed by atoms with van der Waals surface area (Å²) >= 11 is 7.75. The monoisotopic (exact) mass is 320 g/mol. The van der Waals surface area contributed by atoms with Crippen molar-refractivity contribution in [3.63, 3.8) is 0 Å². The Balaban J connectivity index is 1.77. The third-order valence-electron chi connectivity index (χ3n) is 3.65. The zero-order valence-electron chi connectivity index (χ0n) is 11.8. The van der Waals surface area contributed by atoms with Crippen LogP contribution in [0.3, 0.4) is 0 Å². The normalized spacial score (nSPS) is 16.6. The Morgan fingerprint density at radius 1 is 1.43 bits per heavy atom. The van der Waals surface area contributed by atoms with Crippen molar-refractivity contribution in [2.75, 3.05) is 11.9 Å². The maximum absolute atomic E-state index is 11.9. The number of anilines is 1. The van der Waals surface area contributed by atoms with E-state index in [2.05, 4.69) is 16.7 Å². The van der Waals surface area contributed by atoms with E-state index >= 15 is 0 Å². The van der Waals surface area contributed by atoms with Crippen molar-refractivity contribution in [2.45, 2.75) is 25.8 Å². The van der Waals surface area contributed by atoms with Crippen LogP contribution in [0.2, 0.25) is 4.34 Å².